The van der Waals surface area contributed by atoms with E-state index in [1.807, 2.05) is 23.1 Å². The molecule has 0 radical (unpaired) electrons. The summed E-state index contributed by atoms with van der Waals surface area (Å²) in [6.07, 6.45) is 0. The van der Waals surface area contributed by atoms with Crippen LogP contribution in [-0.2, 0) is 11.3 Å². The van der Waals surface area contributed by atoms with Crippen LogP contribution in [0.25, 0.3) is 11.1 Å². The van der Waals surface area contributed by atoms with Crippen molar-refractivity contribution in [1.29, 1.82) is 0 Å². The number of carboxylic acids is 1. The average molecular weight is 364 g/mol. The van der Waals surface area contributed by atoms with Gasteiger partial charge in [-0.1, -0.05) is 59.7 Å². The third kappa shape index (κ3) is 3.80. The molecule has 8 nitrogen and oxygen atoms in total. The van der Waals surface area contributed by atoms with E-state index in [-0.39, 0.29) is 0 Å². The second-order valence-corrected chi connectivity index (χ2v) is 6.49. The molecule has 0 amide bonds. The molecule has 1 fully saturated rings. The van der Waals surface area contributed by atoms with Crippen molar-refractivity contribution in [1.82, 2.24) is 25.5 Å². The third-order valence-corrected chi connectivity index (χ3v) is 4.66. The number of carbonyl (C=O) groups is 1. The fraction of sp³-hybridized carbons (Fsp3) is 0.263. The van der Waals surface area contributed by atoms with Gasteiger partial charge in [-0.15, -0.1) is 0 Å². The quantitative estimate of drug-likeness (QED) is 0.703. The molecule has 1 atom stereocenters. The van der Waals surface area contributed by atoms with Crippen molar-refractivity contribution in [2.75, 3.05) is 24.5 Å². The Hall–Kier alpha value is -3.26. The first kappa shape index (κ1) is 17.2. The molecule has 2 N–H and O–H groups in total. The van der Waals surface area contributed by atoms with E-state index in [0.717, 1.165) is 11.1 Å². The van der Waals surface area contributed by atoms with E-state index in [2.05, 4.69) is 57.2 Å². The molecule has 3 aromatic rings. The number of tetrazole rings is 1. The van der Waals surface area contributed by atoms with Gasteiger partial charge in [0, 0.05) is 19.6 Å². The lowest BCUT2D eigenvalue weighted by Gasteiger charge is -2.31. The summed E-state index contributed by atoms with van der Waals surface area (Å²) in [4.78, 5) is 13.2. The molecule has 0 spiro atoms. The standard InChI is InChI=1S/C19H20N6O2/c26-18(27)17-13-24(11-10-20-17)19-21-22-23-25(19)12-14-6-8-16(9-7-14)15-4-2-1-3-5-15/h1-9,17,20H,10-13H2,(H,26,27)/t17-/m0/s1. The van der Waals surface area contributed by atoms with E-state index in [4.69, 9.17) is 0 Å². The summed E-state index contributed by atoms with van der Waals surface area (Å²) in [6.45, 7) is 2.11. The molecule has 0 saturated carbocycles. The number of anilines is 1. The number of rotatable bonds is 5. The molecule has 0 unspecified atom stereocenters. The highest BCUT2D eigenvalue weighted by molar-refractivity contribution is 5.74. The molecule has 0 aliphatic carbocycles. The minimum Gasteiger partial charge on any atom is -0.480 e. The number of aliphatic carboxylic acids is 1. The number of piperazine rings is 1. The Bertz CT molecular complexity index is 909. The van der Waals surface area contributed by atoms with Crippen LogP contribution in [0, 0.1) is 0 Å². The van der Waals surface area contributed by atoms with E-state index in [9.17, 15) is 9.90 Å². The van der Waals surface area contributed by atoms with Crippen molar-refractivity contribution in [2.24, 2.45) is 0 Å². The molecule has 27 heavy (non-hydrogen) atoms. The van der Waals surface area contributed by atoms with Crippen molar-refractivity contribution in [3.05, 3.63) is 60.2 Å². The van der Waals surface area contributed by atoms with Gasteiger partial charge in [-0.3, -0.25) is 4.79 Å². The summed E-state index contributed by atoms with van der Waals surface area (Å²) >= 11 is 0. The molecule has 4 rings (SSSR count). The molecule has 1 aliphatic rings. The predicted octanol–water partition coefficient (Wildman–Crippen LogP) is 1.25. The molecule has 138 valence electrons. The topological polar surface area (TPSA) is 96.2 Å². The summed E-state index contributed by atoms with van der Waals surface area (Å²) in [5.41, 5.74) is 3.41. The van der Waals surface area contributed by atoms with Crippen LogP contribution in [0.1, 0.15) is 5.56 Å². The Morgan fingerprint density at radius 1 is 1.11 bits per heavy atom. The maximum Gasteiger partial charge on any atom is 0.322 e. The molecule has 1 aliphatic heterocycles. The monoisotopic (exact) mass is 364 g/mol. The van der Waals surface area contributed by atoms with Crippen LogP contribution in [0.2, 0.25) is 0 Å². The second kappa shape index (κ2) is 7.55. The van der Waals surface area contributed by atoms with Crippen LogP contribution in [0.5, 0.6) is 0 Å². The zero-order valence-corrected chi connectivity index (χ0v) is 14.7. The summed E-state index contributed by atoms with van der Waals surface area (Å²) < 4.78 is 1.71. The van der Waals surface area contributed by atoms with Crippen molar-refractivity contribution >= 4 is 11.9 Å². The number of nitrogens with one attached hydrogen (secondary N) is 1. The predicted molar refractivity (Wildman–Crippen MR) is 100 cm³/mol. The molecule has 1 saturated heterocycles. The maximum atomic E-state index is 11.2. The molecule has 1 aromatic heterocycles. The maximum absolute atomic E-state index is 11.2. The molecule has 2 heterocycles. The second-order valence-electron chi connectivity index (χ2n) is 6.49. The summed E-state index contributed by atoms with van der Waals surface area (Å²) in [5, 5.41) is 24.2. The molecule has 0 bridgehead atoms. The van der Waals surface area contributed by atoms with Crippen molar-refractivity contribution in [3.8, 4) is 11.1 Å². The molecule has 2 aromatic carbocycles. The first-order valence-corrected chi connectivity index (χ1v) is 8.82. The Labute approximate surface area is 156 Å². The smallest absolute Gasteiger partial charge is 0.322 e. The number of hydrogen-bond donors (Lipinski definition) is 2. The van der Waals surface area contributed by atoms with Crippen molar-refractivity contribution < 1.29 is 9.90 Å². The summed E-state index contributed by atoms with van der Waals surface area (Å²) in [6, 6.07) is 17.9. The highest BCUT2D eigenvalue weighted by Gasteiger charge is 2.27. The Morgan fingerprint density at radius 3 is 2.59 bits per heavy atom. The minimum atomic E-state index is -0.866. The van der Waals surface area contributed by atoms with Crippen LogP contribution in [0.4, 0.5) is 5.95 Å². The van der Waals surface area contributed by atoms with Gasteiger partial charge in [-0.25, -0.2) is 4.68 Å². The summed E-state index contributed by atoms with van der Waals surface area (Å²) in [7, 11) is 0. The number of carboxylic acid groups (broad SMARTS) is 1. The third-order valence-electron chi connectivity index (χ3n) is 4.66. The SMILES string of the molecule is O=C(O)[C@@H]1CN(c2nnnn2Cc2ccc(-c3ccccc3)cc2)CCN1. The van der Waals surface area contributed by atoms with Gasteiger partial charge in [0.2, 0.25) is 5.95 Å². The fourth-order valence-electron chi connectivity index (χ4n) is 3.23. The number of aromatic nitrogens is 4. The van der Waals surface area contributed by atoms with Crippen molar-refractivity contribution in [2.45, 2.75) is 12.6 Å². The van der Waals surface area contributed by atoms with Gasteiger partial charge in [0.25, 0.3) is 0 Å². The van der Waals surface area contributed by atoms with E-state index in [1.54, 1.807) is 4.68 Å². The van der Waals surface area contributed by atoms with Gasteiger partial charge in [0.15, 0.2) is 0 Å². The Balaban J connectivity index is 1.49. The zero-order valence-electron chi connectivity index (χ0n) is 14.7. The zero-order chi connectivity index (χ0) is 18.6. The molecule has 8 heteroatoms. The number of hydrogen-bond acceptors (Lipinski definition) is 6. The van der Waals surface area contributed by atoms with Gasteiger partial charge in [-0.2, -0.15) is 0 Å². The Kier molecular flexibility index (Phi) is 4.80. The van der Waals surface area contributed by atoms with Gasteiger partial charge >= 0.3 is 5.97 Å². The lowest BCUT2D eigenvalue weighted by atomic mass is 10.0. The van der Waals surface area contributed by atoms with E-state index < -0.39 is 12.0 Å². The normalized spacial score (nSPS) is 17.0. The van der Waals surface area contributed by atoms with Gasteiger partial charge in [0.05, 0.1) is 6.54 Å². The lowest BCUT2D eigenvalue weighted by Crippen LogP contribution is -2.54. The van der Waals surface area contributed by atoms with E-state index >= 15 is 0 Å². The fourth-order valence-corrected chi connectivity index (χ4v) is 3.23. The van der Waals surface area contributed by atoms with Crippen LogP contribution in [0.15, 0.2) is 54.6 Å². The largest absolute Gasteiger partial charge is 0.480 e. The van der Waals surface area contributed by atoms with Gasteiger partial charge in [0.1, 0.15) is 6.04 Å². The van der Waals surface area contributed by atoms with Crippen LogP contribution in [0.3, 0.4) is 0 Å². The summed E-state index contributed by atoms with van der Waals surface area (Å²) in [5.74, 6) is -0.273. The van der Waals surface area contributed by atoms with Gasteiger partial charge < -0.3 is 15.3 Å². The molecular formula is C19H20N6O2. The average Bonchev–Trinajstić information content (AvgIpc) is 3.17. The minimum absolute atomic E-state index is 0.336. The van der Waals surface area contributed by atoms with E-state index in [0.29, 0.717) is 32.1 Å². The first-order chi connectivity index (χ1) is 13.2. The van der Waals surface area contributed by atoms with Crippen LogP contribution < -0.4 is 10.2 Å². The van der Waals surface area contributed by atoms with E-state index in [1.165, 1.54) is 5.56 Å². The van der Waals surface area contributed by atoms with Crippen molar-refractivity contribution in [3.63, 3.8) is 0 Å². The first-order valence-electron chi connectivity index (χ1n) is 8.82. The number of benzene rings is 2. The van der Waals surface area contributed by atoms with Gasteiger partial charge in [-0.05, 0) is 27.1 Å². The van der Waals surface area contributed by atoms with Crippen LogP contribution >= 0.6 is 0 Å². The highest BCUT2D eigenvalue weighted by Crippen LogP contribution is 2.20. The Morgan fingerprint density at radius 2 is 1.85 bits per heavy atom. The highest BCUT2D eigenvalue weighted by atomic mass is 16.4. The molecular weight excluding hydrogens is 344 g/mol. The lowest BCUT2D eigenvalue weighted by molar-refractivity contribution is -0.139. The number of nitrogens with zero attached hydrogens (tertiary/aromatic N) is 5. The van der Waals surface area contributed by atoms with Crippen LogP contribution in [-0.4, -0.2) is 57.0 Å².